The maximum atomic E-state index is 12.4. The number of amides is 1. The van der Waals surface area contributed by atoms with Crippen LogP contribution >= 0.6 is 0 Å². The standard InChI is InChI=1S/C18H20N2O5S/c1-24-16-6-2-14(3-7-16)10-11-19-26(22,23)17-8-4-15(5-9-17)20-12-13-25-18(20)21/h2-9,19H,10-13H2,1H3. The summed E-state index contributed by atoms with van der Waals surface area (Å²) >= 11 is 0. The van der Waals surface area contributed by atoms with Crippen molar-refractivity contribution in [2.75, 3.05) is 31.7 Å². The molecule has 0 saturated carbocycles. The Balaban J connectivity index is 1.59. The molecule has 26 heavy (non-hydrogen) atoms. The molecule has 1 amide bonds. The monoisotopic (exact) mass is 376 g/mol. The first-order valence-electron chi connectivity index (χ1n) is 8.16. The molecule has 138 valence electrons. The number of hydrogen-bond acceptors (Lipinski definition) is 5. The summed E-state index contributed by atoms with van der Waals surface area (Å²) < 4.78 is 37.3. The third kappa shape index (κ3) is 4.14. The minimum absolute atomic E-state index is 0.156. The van der Waals surface area contributed by atoms with Gasteiger partial charge in [0.2, 0.25) is 10.0 Å². The molecule has 1 N–H and O–H groups in total. The van der Waals surface area contributed by atoms with Crippen LogP contribution in [0.5, 0.6) is 5.75 Å². The Labute approximate surface area is 152 Å². The van der Waals surface area contributed by atoms with Crippen LogP contribution in [0.4, 0.5) is 10.5 Å². The zero-order valence-corrected chi connectivity index (χ0v) is 15.2. The molecular weight excluding hydrogens is 356 g/mol. The van der Waals surface area contributed by atoms with E-state index in [9.17, 15) is 13.2 Å². The molecule has 1 aliphatic rings. The van der Waals surface area contributed by atoms with Gasteiger partial charge in [0.05, 0.1) is 18.6 Å². The van der Waals surface area contributed by atoms with Crippen molar-refractivity contribution in [1.29, 1.82) is 0 Å². The van der Waals surface area contributed by atoms with Gasteiger partial charge in [-0.15, -0.1) is 0 Å². The number of ether oxygens (including phenoxy) is 2. The van der Waals surface area contributed by atoms with Gasteiger partial charge in [0.1, 0.15) is 12.4 Å². The van der Waals surface area contributed by atoms with Crippen molar-refractivity contribution < 1.29 is 22.7 Å². The Morgan fingerprint density at radius 1 is 1.12 bits per heavy atom. The van der Waals surface area contributed by atoms with Gasteiger partial charge in [-0.3, -0.25) is 4.90 Å². The Morgan fingerprint density at radius 2 is 1.81 bits per heavy atom. The van der Waals surface area contributed by atoms with Gasteiger partial charge in [-0.25, -0.2) is 17.9 Å². The van der Waals surface area contributed by atoms with Crippen molar-refractivity contribution in [2.24, 2.45) is 0 Å². The van der Waals surface area contributed by atoms with Crippen molar-refractivity contribution in [3.05, 3.63) is 54.1 Å². The molecule has 1 heterocycles. The van der Waals surface area contributed by atoms with Crippen LogP contribution < -0.4 is 14.4 Å². The highest BCUT2D eigenvalue weighted by molar-refractivity contribution is 7.89. The Morgan fingerprint density at radius 3 is 2.38 bits per heavy atom. The van der Waals surface area contributed by atoms with Crippen molar-refractivity contribution in [2.45, 2.75) is 11.3 Å². The van der Waals surface area contributed by atoms with Gasteiger partial charge < -0.3 is 9.47 Å². The third-order valence-corrected chi connectivity index (χ3v) is 5.56. The van der Waals surface area contributed by atoms with E-state index in [1.807, 2.05) is 24.3 Å². The van der Waals surface area contributed by atoms with E-state index >= 15 is 0 Å². The number of methoxy groups -OCH3 is 1. The molecule has 1 saturated heterocycles. The highest BCUT2D eigenvalue weighted by Gasteiger charge is 2.24. The number of rotatable bonds is 7. The molecule has 0 unspecified atom stereocenters. The molecule has 1 aliphatic heterocycles. The van der Waals surface area contributed by atoms with E-state index in [0.29, 0.717) is 25.3 Å². The zero-order valence-electron chi connectivity index (χ0n) is 14.3. The number of sulfonamides is 1. The highest BCUT2D eigenvalue weighted by atomic mass is 32.2. The van der Waals surface area contributed by atoms with Gasteiger partial charge in [-0.05, 0) is 48.4 Å². The van der Waals surface area contributed by atoms with Gasteiger partial charge in [-0.1, -0.05) is 12.1 Å². The molecule has 2 aromatic carbocycles. The number of anilines is 1. The largest absolute Gasteiger partial charge is 0.497 e. The summed E-state index contributed by atoms with van der Waals surface area (Å²) in [6.07, 6.45) is 0.152. The number of benzene rings is 2. The predicted octanol–water partition coefficient (Wildman–Crippen LogP) is 2.17. The van der Waals surface area contributed by atoms with E-state index in [-0.39, 0.29) is 11.4 Å². The first-order chi connectivity index (χ1) is 12.5. The average molecular weight is 376 g/mol. The first-order valence-corrected chi connectivity index (χ1v) is 9.65. The molecule has 7 nitrogen and oxygen atoms in total. The quantitative estimate of drug-likeness (QED) is 0.801. The number of hydrogen-bond donors (Lipinski definition) is 1. The summed E-state index contributed by atoms with van der Waals surface area (Å²) in [6, 6.07) is 13.6. The third-order valence-electron chi connectivity index (χ3n) is 4.08. The summed E-state index contributed by atoms with van der Waals surface area (Å²) in [5.74, 6) is 0.760. The molecule has 3 rings (SSSR count). The summed E-state index contributed by atoms with van der Waals surface area (Å²) in [5.41, 5.74) is 1.63. The van der Waals surface area contributed by atoms with Gasteiger partial charge in [-0.2, -0.15) is 0 Å². The maximum Gasteiger partial charge on any atom is 0.414 e. The van der Waals surface area contributed by atoms with Gasteiger partial charge >= 0.3 is 6.09 Å². The Kier molecular flexibility index (Phi) is 5.43. The number of carbonyl (C=O) groups is 1. The minimum atomic E-state index is -3.61. The number of nitrogens with one attached hydrogen (secondary N) is 1. The van der Waals surface area contributed by atoms with Crippen LogP contribution in [-0.2, 0) is 21.2 Å². The smallest absolute Gasteiger partial charge is 0.414 e. The van der Waals surface area contributed by atoms with Crippen molar-refractivity contribution in [3.63, 3.8) is 0 Å². The van der Waals surface area contributed by atoms with Gasteiger partial charge in [0.15, 0.2) is 0 Å². The lowest BCUT2D eigenvalue weighted by Gasteiger charge is -2.13. The minimum Gasteiger partial charge on any atom is -0.497 e. The normalized spacial score (nSPS) is 14.3. The molecule has 1 fully saturated rings. The van der Waals surface area contributed by atoms with E-state index in [0.717, 1.165) is 11.3 Å². The predicted molar refractivity (Wildman–Crippen MR) is 97.0 cm³/mol. The number of cyclic esters (lactones) is 1. The van der Waals surface area contributed by atoms with E-state index < -0.39 is 16.1 Å². The average Bonchev–Trinajstić information content (AvgIpc) is 3.08. The van der Waals surface area contributed by atoms with Crippen LogP contribution in [0.2, 0.25) is 0 Å². The lowest BCUT2D eigenvalue weighted by Crippen LogP contribution is -2.26. The summed E-state index contributed by atoms with van der Waals surface area (Å²) in [7, 11) is -2.01. The SMILES string of the molecule is COc1ccc(CCNS(=O)(=O)c2ccc(N3CCOC3=O)cc2)cc1. The van der Waals surface area contributed by atoms with E-state index in [4.69, 9.17) is 9.47 Å². The van der Waals surface area contributed by atoms with Crippen LogP contribution in [0, 0.1) is 0 Å². The second-order valence-electron chi connectivity index (χ2n) is 5.76. The van der Waals surface area contributed by atoms with Crippen molar-refractivity contribution in [1.82, 2.24) is 4.72 Å². The van der Waals surface area contributed by atoms with E-state index in [1.54, 1.807) is 19.2 Å². The topological polar surface area (TPSA) is 84.9 Å². The Bertz CT molecular complexity index is 863. The summed E-state index contributed by atoms with van der Waals surface area (Å²) in [5, 5.41) is 0. The number of nitrogens with zero attached hydrogens (tertiary/aromatic N) is 1. The van der Waals surface area contributed by atoms with Crippen molar-refractivity contribution in [3.8, 4) is 5.75 Å². The molecular formula is C18H20N2O5S. The fraction of sp³-hybridized carbons (Fsp3) is 0.278. The van der Waals surface area contributed by atoms with Gasteiger partial charge in [0, 0.05) is 12.2 Å². The molecule has 0 radical (unpaired) electrons. The fourth-order valence-corrected chi connectivity index (χ4v) is 3.67. The van der Waals surface area contributed by atoms with Crippen LogP contribution in [0.15, 0.2) is 53.4 Å². The number of carbonyl (C=O) groups excluding carboxylic acids is 1. The first kappa shape index (κ1) is 18.2. The molecule has 0 bridgehead atoms. The highest BCUT2D eigenvalue weighted by Crippen LogP contribution is 2.21. The molecule has 0 aromatic heterocycles. The zero-order chi connectivity index (χ0) is 18.6. The maximum absolute atomic E-state index is 12.4. The summed E-state index contributed by atoms with van der Waals surface area (Å²) in [6.45, 7) is 1.09. The van der Waals surface area contributed by atoms with Gasteiger partial charge in [0.25, 0.3) is 0 Å². The molecule has 0 aliphatic carbocycles. The molecule has 8 heteroatoms. The molecule has 0 atom stereocenters. The van der Waals surface area contributed by atoms with Crippen LogP contribution in [-0.4, -0.2) is 41.3 Å². The van der Waals surface area contributed by atoms with E-state index in [2.05, 4.69) is 4.72 Å². The van der Waals surface area contributed by atoms with Crippen molar-refractivity contribution >= 4 is 21.8 Å². The second kappa shape index (κ2) is 7.76. The lowest BCUT2D eigenvalue weighted by atomic mass is 10.1. The fourth-order valence-electron chi connectivity index (χ4n) is 2.64. The summed E-state index contributed by atoms with van der Waals surface area (Å²) in [4.78, 5) is 13.2. The van der Waals surface area contributed by atoms with E-state index in [1.165, 1.54) is 17.0 Å². The molecule has 2 aromatic rings. The van der Waals surface area contributed by atoms with Crippen LogP contribution in [0.25, 0.3) is 0 Å². The Hall–Kier alpha value is -2.58. The second-order valence-corrected chi connectivity index (χ2v) is 7.52. The lowest BCUT2D eigenvalue weighted by molar-refractivity contribution is 0.181. The van der Waals surface area contributed by atoms with Crippen LogP contribution in [0.3, 0.4) is 0 Å². The van der Waals surface area contributed by atoms with Crippen LogP contribution in [0.1, 0.15) is 5.56 Å². The molecule has 0 spiro atoms.